The van der Waals surface area contributed by atoms with Crippen LogP contribution >= 0.6 is 0 Å². The molecule has 0 spiro atoms. The fraction of sp³-hybridized carbons (Fsp3) is 0.545. The van der Waals surface area contributed by atoms with Gasteiger partial charge in [-0.3, -0.25) is 0 Å². The maximum Gasteiger partial charge on any atom is 0.262 e. The van der Waals surface area contributed by atoms with Gasteiger partial charge in [0.1, 0.15) is 0 Å². The number of nitrogen functional groups attached to an aromatic ring is 1. The number of ether oxygens (including phenoxy) is 1. The molecule has 2 heterocycles. The maximum absolute atomic E-state index is 12.4. The number of aromatic nitrogens is 1. The molecule has 0 bridgehead atoms. The number of nitrogens with two attached hydrogens (primary N) is 1. The van der Waals surface area contributed by atoms with Crippen molar-refractivity contribution in [3.8, 4) is 0 Å². The Morgan fingerprint density at radius 2 is 2.22 bits per heavy atom. The van der Waals surface area contributed by atoms with Crippen LogP contribution in [0.5, 0.6) is 0 Å². The van der Waals surface area contributed by atoms with Gasteiger partial charge >= 0.3 is 0 Å². The lowest BCUT2D eigenvalue weighted by molar-refractivity contribution is -0.0640. The minimum absolute atomic E-state index is 0.0808. The second-order valence-electron chi connectivity index (χ2n) is 4.84. The molecule has 0 unspecified atom stereocenters. The van der Waals surface area contributed by atoms with Gasteiger partial charge in [0, 0.05) is 19.3 Å². The second kappa shape index (κ2) is 4.49. The van der Waals surface area contributed by atoms with Crippen molar-refractivity contribution in [2.45, 2.75) is 24.5 Å². The summed E-state index contributed by atoms with van der Waals surface area (Å²) in [6.45, 7) is 4.71. The van der Waals surface area contributed by atoms with Gasteiger partial charge in [-0.2, -0.15) is 4.31 Å². The SMILES string of the molecule is CC1(C)CN(S(=O)(=O)c2ncccc2N)CCO1. The van der Waals surface area contributed by atoms with E-state index in [0.717, 1.165) is 0 Å². The van der Waals surface area contributed by atoms with E-state index >= 15 is 0 Å². The van der Waals surface area contributed by atoms with Gasteiger partial charge in [-0.25, -0.2) is 13.4 Å². The molecule has 1 aliphatic rings. The summed E-state index contributed by atoms with van der Waals surface area (Å²) in [5.41, 5.74) is 5.36. The predicted octanol–water partition coefficient (Wildman–Crippen LogP) is 0.463. The third-order valence-corrected chi connectivity index (χ3v) is 4.60. The van der Waals surface area contributed by atoms with Gasteiger partial charge in [0.25, 0.3) is 10.0 Å². The topological polar surface area (TPSA) is 85.5 Å². The van der Waals surface area contributed by atoms with E-state index in [4.69, 9.17) is 10.5 Å². The molecule has 0 saturated carbocycles. The summed E-state index contributed by atoms with van der Waals surface area (Å²) >= 11 is 0. The third kappa shape index (κ3) is 2.47. The molecular formula is C11H17N3O3S. The molecule has 2 rings (SSSR count). The second-order valence-corrected chi connectivity index (χ2v) is 6.70. The van der Waals surface area contributed by atoms with Crippen LogP contribution in [-0.2, 0) is 14.8 Å². The molecule has 1 aliphatic heterocycles. The molecular weight excluding hydrogens is 254 g/mol. The summed E-state index contributed by atoms with van der Waals surface area (Å²) in [5.74, 6) is 0. The highest BCUT2D eigenvalue weighted by atomic mass is 32.2. The van der Waals surface area contributed by atoms with E-state index in [1.165, 1.54) is 16.6 Å². The fourth-order valence-corrected chi connectivity index (χ4v) is 3.52. The largest absolute Gasteiger partial charge is 0.396 e. The summed E-state index contributed by atoms with van der Waals surface area (Å²) in [5, 5.41) is -0.0808. The highest BCUT2D eigenvalue weighted by molar-refractivity contribution is 7.89. The van der Waals surface area contributed by atoms with Gasteiger partial charge in [-0.05, 0) is 26.0 Å². The van der Waals surface area contributed by atoms with E-state index in [2.05, 4.69) is 4.98 Å². The zero-order valence-electron chi connectivity index (χ0n) is 10.5. The first-order valence-electron chi connectivity index (χ1n) is 5.67. The summed E-state index contributed by atoms with van der Waals surface area (Å²) in [4.78, 5) is 3.88. The van der Waals surface area contributed by atoms with Crippen molar-refractivity contribution in [2.24, 2.45) is 0 Å². The summed E-state index contributed by atoms with van der Waals surface area (Å²) < 4.78 is 31.7. The van der Waals surface area contributed by atoms with Crippen molar-refractivity contribution in [1.29, 1.82) is 0 Å². The van der Waals surface area contributed by atoms with Crippen LogP contribution in [-0.4, -0.2) is 43.0 Å². The molecule has 2 N–H and O–H groups in total. The van der Waals surface area contributed by atoms with Crippen LogP contribution < -0.4 is 5.73 Å². The Hall–Kier alpha value is -1.18. The molecule has 0 aliphatic carbocycles. The molecule has 1 saturated heterocycles. The van der Waals surface area contributed by atoms with Gasteiger partial charge in [0.15, 0.2) is 5.03 Å². The maximum atomic E-state index is 12.4. The van der Waals surface area contributed by atoms with Crippen LogP contribution in [0.2, 0.25) is 0 Å². The number of morpholine rings is 1. The van der Waals surface area contributed by atoms with E-state index in [1.54, 1.807) is 6.07 Å². The summed E-state index contributed by atoms with van der Waals surface area (Å²) in [6, 6.07) is 3.14. The first-order chi connectivity index (χ1) is 8.33. The average Bonchev–Trinajstić information content (AvgIpc) is 2.28. The van der Waals surface area contributed by atoms with Gasteiger partial charge in [-0.15, -0.1) is 0 Å². The van der Waals surface area contributed by atoms with Crippen LogP contribution in [0.25, 0.3) is 0 Å². The molecule has 6 nitrogen and oxygen atoms in total. The number of hydrogen-bond acceptors (Lipinski definition) is 5. The smallest absolute Gasteiger partial charge is 0.262 e. The highest BCUT2D eigenvalue weighted by Gasteiger charge is 2.36. The summed E-state index contributed by atoms with van der Waals surface area (Å²) in [7, 11) is -3.65. The molecule has 18 heavy (non-hydrogen) atoms. The van der Waals surface area contributed by atoms with Crippen LogP contribution in [0.15, 0.2) is 23.4 Å². The number of rotatable bonds is 2. The van der Waals surface area contributed by atoms with Crippen molar-refractivity contribution >= 4 is 15.7 Å². The van der Waals surface area contributed by atoms with Crippen LogP contribution in [0, 0.1) is 0 Å². The first-order valence-corrected chi connectivity index (χ1v) is 7.11. The van der Waals surface area contributed by atoms with Crippen LogP contribution in [0.3, 0.4) is 0 Å². The normalized spacial score (nSPS) is 20.8. The van der Waals surface area contributed by atoms with Gasteiger partial charge < -0.3 is 10.5 Å². The van der Waals surface area contributed by atoms with Crippen molar-refractivity contribution in [3.63, 3.8) is 0 Å². The fourth-order valence-electron chi connectivity index (χ4n) is 1.92. The monoisotopic (exact) mass is 271 g/mol. The molecule has 1 fully saturated rings. The number of anilines is 1. The molecule has 1 aromatic rings. The highest BCUT2D eigenvalue weighted by Crippen LogP contribution is 2.24. The molecule has 100 valence electrons. The number of pyridine rings is 1. The average molecular weight is 271 g/mol. The molecule has 1 aromatic heterocycles. The lowest BCUT2D eigenvalue weighted by Gasteiger charge is -2.37. The standard InChI is InChI=1S/C11H17N3O3S/c1-11(2)8-14(6-7-17-11)18(15,16)10-9(12)4-3-5-13-10/h3-5H,6-8,12H2,1-2H3. The van der Waals surface area contributed by atoms with Crippen LogP contribution in [0.1, 0.15) is 13.8 Å². The van der Waals surface area contributed by atoms with E-state index in [1.807, 2.05) is 13.8 Å². The Morgan fingerprint density at radius 3 is 2.83 bits per heavy atom. The van der Waals surface area contributed by atoms with Gasteiger partial charge in [0.2, 0.25) is 0 Å². The Kier molecular flexibility index (Phi) is 3.31. The number of hydrogen-bond donors (Lipinski definition) is 1. The Balaban J connectivity index is 2.35. The zero-order chi connectivity index (χ0) is 13.4. The van der Waals surface area contributed by atoms with Crippen molar-refractivity contribution in [1.82, 2.24) is 9.29 Å². The van der Waals surface area contributed by atoms with Crippen LogP contribution in [0.4, 0.5) is 5.69 Å². The number of sulfonamides is 1. The third-order valence-electron chi connectivity index (χ3n) is 2.78. The van der Waals surface area contributed by atoms with Crippen molar-refractivity contribution in [3.05, 3.63) is 18.3 Å². The Bertz CT molecular complexity index is 542. The first kappa shape index (κ1) is 13.3. The van der Waals surface area contributed by atoms with E-state index < -0.39 is 15.6 Å². The molecule has 7 heteroatoms. The Morgan fingerprint density at radius 1 is 1.50 bits per heavy atom. The molecule has 0 radical (unpaired) electrons. The minimum Gasteiger partial charge on any atom is -0.396 e. The molecule has 0 amide bonds. The number of nitrogens with zero attached hydrogens (tertiary/aromatic N) is 2. The minimum atomic E-state index is -3.65. The zero-order valence-corrected chi connectivity index (χ0v) is 11.3. The molecule has 0 atom stereocenters. The van der Waals surface area contributed by atoms with Crippen molar-refractivity contribution in [2.75, 3.05) is 25.4 Å². The molecule has 0 aromatic carbocycles. The van der Waals surface area contributed by atoms with E-state index in [-0.39, 0.29) is 10.7 Å². The summed E-state index contributed by atoms with van der Waals surface area (Å²) in [6.07, 6.45) is 1.43. The van der Waals surface area contributed by atoms with Crippen molar-refractivity contribution < 1.29 is 13.2 Å². The van der Waals surface area contributed by atoms with Gasteiger partial charge in [0.05, 0.1) is 17.9 Å². The van der Waals surface area contributed by atoms with E-state index in [9.17, 15) is 8.42 Å². The van der Waals surface area contributed by atoms with E-state index in [0.29, 0.717) is 19.7 Å². The Labute approximate surface area is 107 Å². The lowest BCUT2D eigenvalue weighted by Crippen LogP contribution is -2.50. The predicted molar refractivity (Wildman–Crippen MR) is 67.4 cm³/mol. The van der Waals surface area contributed by atoms with Gasteiger partial charge in [-0.1, -0.05) is 0 Å². The quantitative estimate of drug-likeness (QED) is 0.844. The lowest BCUT2D eigenvalue weighted by atomic mass is 10.1.